The lowest BCUT2D eigenvalue weighted by atomic mass is 10.1. The number of nitro benzene ring substituents is 1. The van der Waals surface area contributed by atoms with E-state index < -0.39 is 32.9 Å². The van der Waals surface area contributed by atoms with Gasteiger partial charge in [-0.3, -0.25) is 15.0 Å². The SMILES string of the molecule is O=[N+]([O-])c1ccc(S(=O)(=O)N2OC2c2ccc(C(F)(F)F)cc2)cc1. The van der Waals surface area contributed by atoms with E-state index in [9.17, 15) is 31.7 Å². The van der Waals surface area contributed by atoms with Gasteiger partial charge in [0.25, 0.3) is 15.7 Å². The van der Waals surface area contributed by atoms with Crippen LogP contribution in [0, 0.1) is 10.1 Å². The van der Waals surface area contributed by atoms with Crippen molar-refractivity contribution < 1.29 is 31.3 Å². The first-order chi connectivity index (χ1) is 11.6. The predicted octanol–water partition coefficient (Wildman–Crippen LogP) is 3.25. The fourth-order valence-corrected chi connectivity index (χ4v) is 3.37. The number of hydroxylamine groups is 1. The molecule has 1 saturated heterocycles. The van der Waals surface area contributed by atoms with Crippen LogP contribution in [0.1, 0.15) is 17.4 Å². The Labute approximate surface area is 139 Å². The van der Waals surface area contributed by atoms with Gasteiger partial charge >= 0.3 is 6.18 Å². The van der Waals surface area contributed by atoms with Crippen LogP contribution >= 0.6 is 0 Å². The Morgan fingerprint density at radius 2 is 1.60 bits per heavy atom. The van der Waals surface area contributed by atoms with Gasteiger partial charge in [0.2, 0.25) is 0 Å². The molecule has 0 aromatic heterocycles. The smallest absolute Gasteiger partial charge is 0.258 e. The van der Waals surface area contributed by atoms with Crippen molar-refractivity contribution in [2.24, 2.45) is 0 Å². The van der Waals surface area contributed by atoms with E-state index in [1.165, 1.54) is 0 Å². The van der Waals surface area contributed by atoms with Crippen LogP contribution in [0.2, 0.25) is 0 Å². The van der Waals surface area contributed by atoms with Gasteiger partial charge in [-0.2, -0.15) is 13.2 Å². The zero-order valence-electron chi connectivity index (χ0n) is 12.2. The van der Waals surface area contributed by atoms with Gasteiger partial charge in [-0.15, -0.1) is 0 Å². The number of hydrogen-bond acceptors (Lipinski definition) is 5. The molecule has 25 heavy (non-hydrogen) atoms. The third kappa shape index (κ3) is 3.34. The Kier molecular flexibility index (Phi) is 4.01. The minimum Gasteiger partial charge on any atom is -0.258 e. The van der Waals surface area contributed by atoms with Gasteiger partial charge < -0.3 is 0 Å². The maximum atomic E-state index is 12.5. The number of non-ortho nitro benzene ring substituents is 1. The average molecular weight is 374 g/mol. The fraction of sp³-hybridized carbons (Fsp3) is 0.143. The van der Waals surface area contributed by atoms with Crippen molar-refractivity contribution in [3.05, 3.63) is 69.8 Å². The molecular weight excluding hydrogens is 365 g/mol. The van der Waals surface area contributed by atoms with Crippen LogP contribution in [-0.4, -0.2) is 17.8 Å². The average Bonchev–Trinajstić information content (AvgIpc) is 3.35. The first-order valence-corrected chi connectivity index (χ1v) is 8.17. The molecule has 2 aromatic rings. The second kappa shape index (κ2) is 5.79. The maximum absolute atomic E-state index is 12.5. The van der Waals surface area contributed by atoms with Crippen LogP contribution in [0.4, 0.5) is 18.9 Å². The Bertz CT molecular complexity index is 911. The molecule has 0 radical (unpaired) electrons. The van der Waals surface area contributed by atoms with Gasteiger partial charge in [0.05, 0.1) is 15.4 Å². The molecule has 1 aliphatic heterocycles. The van der Waals surface area contributed by atoms with E-state index in [0.29, 0.717) is 4.47 Å². The second-order valence-electron chi connectivity index (χ2n) is 5.09. The fourth-order valence-electron chi connectivity index (χ4n) is 2.12. The summed E-state index contributed by atoms with van der Waals surface area (Å²) in [6, 6.07) is 8.07. The summed E-state index contributed by atoms with van der Waals surface area (Å²) in [6.45, 7) is 0. The molecule has 2 aromatic carbocycles. The Hall–Kier alpha value is -2.50. The third-order valence-electron chi connectivity index (χ3n) is 3.46. The van der Waals surface area contributed by atoms with Crippen LogP contribution in [0.5, 0.6) is 0 Å². The van der Waals surface area contributed by atoms with Gasteiger partial charge in [-0.05, 0) is 28.7 Å². The van der Waals surface area contributed by atoms with Gasteiger partial charge in [-0.25, -0.2) is 8.42 Å². The van der Waals surface area contributed by atoms with Crippen molar-refractivity contribution in [2.75, 3.05) is 0 Å². The molecular formula is C14H9F3N2O5S. The number of alkyl halides is 3. The highest BCUT2D eigenvalue weighted by Gasteiger charge is 2.49. The van der Waals surface area contributed by atoms with E-state index in [4.69, 9.17) is 4.84 Å². The van der Waals surface area contributed by atoms with Crippen molar-refractivity contribution in [1.29, 1.82) is 0 Å². The number of hydrogen-bond donors (Lipinski definition) is 0. The summed E-state index contributed by atoms with van der Waals surface area (Å²) >= 11 is 0. The lowest BCUT2D eigenvalue weighted by Crippen LogP contribution is -2.12. The molecule has 0 aliphatic carbocycles. The summed E-state index contributed by atoms with van der Waals surface area (Å²) in [7, 11) is -4.08. The lowest BCUT2D eigenvalue weighted by Gasteiger charge is -2.06. The Morgan fingerprint density at radius 1 is 1.04 bits per heavy atom. The summed E-state index contributed by atoms with van der Waals surface area (Å²) in [5.41, 5.74) is -0.898. The first-order valence-electron chi connectivity index (χ1n) is 6.73. The summed E-state index contributed by atoms with van der Waals surface area (Å²) in [5, 5.41) is 10.6. The molecule has 0 N–H and O–H groups in total. The molecule has 0 bridgehead atoms. The highest BCUT2D eigenvalue weighted by atomic mass is 32.2. The number of rotatable bonds is 4. The molecule has 11 heteroatoms. The van der Waals surface area contributed by atoms with E-state index in [0.717, 1.165) is 48.5 Å². The predicted molar refractivity (Wildman–Crippen MR) is 77.4 cm³/mol. The van der Waals surface area contributed by atoms with Gasteiger partial charge in [0.1, 0.15) is 0 Å². The Balaban J connectivity index is 1.79. The van der Waals surface area contributed by atoms with Crippen molar-refractivity contribution in [3.63, 3.8) is 0 Å². The van der Waals surface area contributed by atoms with E-state index in [2.05, 4.69) is 0 Å². The summed E-state index contributed by atoms with van der Waals surface area (Å²) in [4.78, 5) is 14.6. The molecule has 2 unspecified atom stereocenters. The molecule has 2 atom stereocenters. The minimum absolute atomic E-state index is 0.229. The normalized spacial score (nSPS) is 20.3. The molecule has 3 rings (SSSR count). The molecule has 0 saturated carbocycles. The van der Waals surface area contributed by atoms with Crippen molar-refractivity contribution in [1.82, 2.24) is 4.47 Å². The topological polar surface area (TPSA) is 92.8 Å². The van der Waals surface area contributed by atoms with E-state index in [-0.39, 0.29) is 16.1 Å². The van der Waals surface area contributed by atoms with Gasteiger partial charge in [0, 0.05) is 17.7 Å². The van der Waals surface area contributed by atoms with Crippen molar-refractivity contribution in [3.8, 4) is 0 Å². The van der Waals surface area contributed by atoms with E-state index in [1.54, 1.807) is 0 Å². The zero-order chi connectivity index (χ0) is 18.4. The highest BCUT2D eigenvalue weighted by Crippen LogP contribution is 2.43. The minimum atomic E-state index is -4.49. The van der Waals surface area contributed by atoms with E-state index in [1.807, 2.05) is 0 Å². The number of benzene rings is 2. The van der Waals surface area contributed by atoms with Crippen LogP contribution in [0.25, 0.3) is 0 Å². The molecule has 132 valence electrons. The zero-order valence-corrected chi connectivity index (χ0v) is 13.0. The van der Waals surface area contributed by atoms with Crippen LogP contribution in [0.3, 0.4) is 0 Å². The van der Waals surface area contributed by atoms with Crippen molar-refractivity contribution >= 4 is 15.7 Å². The van der Waals surface area contributed by atoms with E-state index >= 15 is 0 Å². The highest BCUT2D eigenvalue weighted by molar-refractivity contribution is 7.89. The summed E-state index contributed by atoms with van der Waals surface area (Å²) in [5.74, 6) is 0. The summed E-state index contributed by atoms with van der Waals surface area (Å²) in [6.07, 6.45) is -5.53. The largest absolute Gasteiger partial charge is 0.416 e. The van der Waals surface area contributed by atoms with Crippen LogP contribution in [-0.2, 0) is 21.0 Å². The maximum Gasteiger partial charge on any atom is 0.416 e. The lowest BCUT2D eigenvalue weighted by molar-refractivity contribution is -0.384. The number of halogens is 3. The van der Waals surface area contributed by atoms with Gasteiger partial charge in [-0.1, -0.05) is 12.1 Å². The van der Waals surface area contributed by atoms with Crippen LogP contribution < -0.4 is 0 Å². The van der Waals surface area contributed by atoms with Crippen LogP contribution in [0.15, 0.2) is 53.4 Å². The monoisotopic (exact) mass is 374 g/mol. The third-order valence-corrected chi connectivity index (χ3v) is 5.07. The second-order valence-corrected chi connectivity index (χ2v) is 6.87. The number of sulfonamides is 1. The number of nitrogens with zero attached hydrogens (tertiary/aromatic N) is 2. The molecule has 1 aliphatic rings. The summed E-state index contributed by atoms with van der Waals surface area (Å²) < 4.78 is 62.9. The van der Waals surface area contributed by atoms with Crippen molar-refractivity contribution in [2.45, 2.75) is 17.3 Å². The Morgan fingerprint density at radius 3 is 2.08 bits per heavy atom. The first kappa shape index (κ1) is 17.3. The molecule has 0 spiro atoms. The quantitative estimate of drug-likeness (QED) is 0.465. The standard InChI is InChI=1S/C14H9F3N2O5S/c15-14(16,17)10-3-1-9(2-4-10)13-19(24-13)25(22,23)12-7-5-11(6-8-12)18(20)21/h1-8,13H. The molecule has 1 fully saturated rings. The number of nitro groups is 1. The molecule has 0 amide bonds. The van der Waals surface area contributed by atoms with Gasteiger partial charge in [0.15, 0.2) is 6.23 Å². The molecule has 1 heterocycles. The molecule has 7 nitrogen and oxygen atoms in total.